The normalized spacial score (nSPS) is 32.2. The maximum Gasteiger partial charge on any atom is 0.306 e. The first-order valence-corrected chi connectivity index (χ1v) is 9.71. The Morgan fingerprint density at radius 3 is 2.92 bits per heavy atom. The molecule has 12 heteroatoms. The zero-order chi connectivity index (χ0) is 19.0. The van der Waals surface area contributed by atoms with Crippen LogP contribution < -0.4 is 5.32 Å². The van der Waals surface area contributed by atoms with Gasteiger partial charge in [-0.1, -0.05) is 6.92 Å². The summed E-state index contributed by atoms with van der Waals surface area (Å²) in [5, 5.41) is 18.2. The molecule has 2 amide bonds. The molecule has 3 aliphatic heterocycles. The Morgan fingerprint density at radius 1 is 1.54 bits per heavy atom. The van der Waals surface area contributed by atoms with E-state index in [1.54, 1.807) is 6.92 Å². The molecule has 0 aromatic rings. The van der Waals surface area contributed by atoms with Crippen molar-refractivity contribution in [3.05, 3.63) is 0 Å². The number of hydrogen-bond donors (Lipinski definition) is 3. The average Bonchev–Trinajstić information content (AvgIpc) is 3.14. The number of carbonyl (C=O) groups excluding carboxylic acids is 3. The van der Waals surface area contributed by atoms with Crippen molar-refractivity contribution in [2.24, 2.45) is 4.99 Å². The number of guanidine groups is 1. The molecule has 3 aliphatic rings. The standard InChI is InChI=1S/C14H18N4O6S2/c1-3-5(19)12-24-11(6(25-12)4-7(20)23-2)18-9-8(26-14(18)22)10(21)17-13(15)16-9/h5-6,8,11-12,19H,3-4H2,1-2H3,(H2,15,17,21)/t5-,6-,8?,11+,12?/m0/s1. The van der Waals surface area contributed by atoms with Gasteiger partial charge in [0.2, 0.25) is 11.9 Å². The largest absolute Gasteiger partial charge is 0.469 e. The van der Waals surface area contributed by atoms with Gasteiger partial charge in [-0.3, -0.25) is 30.0 Å². The summed E-state index contributed by atoms with van der Waals surface area (Å²) >= 11 is 2.02. The summed E-state index contributed by atoms with van der Waals surface area (Å²) in [6.07, 6.45) is -1.27. The summed E-state index contributed by atoms with van der Waals surface area (Å²) in [5.41, 5.74) is -0.631. The van der Waals surface area contributed by atoms with Gasteiger partial charge in [0, 0.05) is 0 Å². The maximum atomic E-state index is 12.5. The van der Waals surface area contributed by atoms with Crippen LogP contribution in [0, 0.1) is 5.41 Å². The highest BCUT2D eigenvalue weighted by Crippen LogP contribution is 2.43. The van der Waals surface area contributed by atoms with Crippen LogP contribution in [0.3, 0.4) is 0 Å². The Labute approximate surface area is 157 Å². The monoisotopic (exact) mass is 402 g/mol. The molecule has 3 heterocycles. The van der Waals surface area contributed by atoms with Crippen molar-refractivity contribution in [3.63, 3.8) is 0 Å². The van der Waals surface area contributed by atoms with Crippen molar-refractivity contribution in [3.8, 4) is 0 Å². The molecule has 26 heavy (non-hydrogen) atoms. The highest BCUT2D eigenvalue weighted by molar-refractivity contribution is 8.16. The maximum absolute atomic E-state index is 12.5. The van der Waals surface area contributed by atoms with Gasteiger partial charge in [-0.15, -0.1) is 11.8 Å². The lowest BCUT2D eigenvalue weighted by atomic mass is 10.2. The number of esters is 1. The van der Waals surface area contributed by atoms with E-state index in [0.717, 1.165) is 11.8 Å². The molecule has 0 spiro atoms. The fourth-order valence-electron chi connectivity index (χ4n) is 2.77. The molecule has 2 saturated heterocycles. The smallest absolute Gasteiger partial charge is 0.306 e. The van der Waals surface area contributed by atoms with E-state index in [4.69, 9.17) is 14.9 Å². The SMILES string of the molecule is CC[C@H](O)C1O[C@@H](N2C(=O)SC3C(=O)NC(=N)N=C32)[C@H](CC(=O)OC)S1. The van der Waals surface area contributed by atoms with Crippen molar-refractivity contribution in [1.82, 2.24) is 10.2 Å². The molecule has 0 bridgehead atoms. The fraction of sp³-hybridized carbons (Fsp3) is 0.643. The lowest BCUT2D eigenvalue weighted by Gasteiger charge is -2.28. The molecule has 10 nitrogen and oxygen atoms in total. The van der Waals surface area contributed by atoms with Gasteiger partial charge in [-0.2, -0.15) is 4.99 Å². The number of hydrogen-bond acceptors (Lipinski definition) is 9. The zero-order valence-electron chi connectivity index (χ0n) is 14.0. The Hall–Kier alpha value is -1.63. The second kappa shape index (κ2) is 7.55. The number of nitrogens with zero attached hydrogens (tertiary/aromatic N) is 2. The quantitative estimate of drug-likeness (QED) is 0.550. The van der Waals surface area contributed by atoms with E-state index in [1.165, 1.54) is 23.8 Å². The molecule has 5 atom stereocenters. The number of carbonyl (C=O) groups is 3. The number of aliphatic imine (C=N–C) groups is 1. The highest BCUT2D eigenvalue weighted by Gasteiger charge is 2.53. The third-order valence-corrected chi connectivity index (χ3v) is 6.59. The topological polar surface area (TPSA) is 141 Å². The Morgan fingerprint density at radius 2 is 2.27 bits per heavy atom. The molecule has 2 unspecified atom stereocenters. The summed E-state index contributed by atoms with van der Waals surface area (Å²) in [4.78, 5) is 41.5. The van der Waals surface area contributed by atoms with Crippen molar-refractivity contribution in [1.29, 1.82) is 5.41 Å². The predicted octanol–water partition coefficient (Wildman–Crippen LogP) is 0.105. The molecular weight excluding hydrogens is 384 g/mol. The molecule has 3 rings (SSSR count). The van der Waals surface area contributed by atoms with Crippen LogP contribution in [0.4, 0.5) is 4.79 Å². The number of rotatable bonds is 5. The van der Waals surface area contributed by atoms with Crippen LogP contribution >= 0.6 is 23.5 Å². The van der Waals surface area contributed by atoms with E-state index in [-0.39, 0.29) is 18.2 Å². The van der Waals surface area contributed by atoms with E-state index >= 15 is 0 Å². The number of amidine groups is 1. The van der Waals surface area contributed by atoms with Gasteiger partial charge in [-0.25, -0.2) is 0 Å². The van der Waals surface area contributed by atoms with Crippen molar-refractivity contribution in [2.75, 3.05) is 7.11 Å². The van der Waals surface area contributed by atoms with E-state index in [0.29, 0.717) is 6.42 Å². The average molecular weight is 402 g/mol. The number of aliphatic hydroxyl groups is 1. The number of aliphatic hydroxyl groups excluding tert-OH is 1. The minimum Gasteiger partial charge on any atom is -0.469 e. The van der Waals surface area contributed by atoms with Gasteiger partial charge < -0.3 is 14.6 Å². The van der Waals surface area contributed by atoms with E-state index in [2.05, 4.69) is 10.3 Å². The van der Waals surface area contributed by atoms with Gasteiger partial charge in [0.05, 0.1) is 24.9 Å². The number of nitrogens with one attached hydrogen (secondary N) is 2. The highest BCUT2D eigenvalue weighted by atomic mass is 32.2. The van der Waals surface area contributed by atoms with Crippen LogP contribution in [0.25, 0.3) is 0 Å². The van der Waals surface area contributed by atoms with Gasteiger partial charge in [0.1, 0.15) is 11.3 Å². The Bertz CT molecular complexity index is 686. The fourth-order valence-corrected chi connectivity index (χ4v) is 5.17. The minimum absolute atomic E-state index is 0.0329. The van der Waals surface area contributed by atoms with Gasteiger partial charge in [0.15, 0.2) is 11.5 Å². The Kier molecular flexibility index (Phi) is 5.55. The summed E-state index contributed by atoms with van der Waals surface area (Å²) < 4.78 is 10.6. The van der Waals surface area contributed by atoms with Crippen LogP contribution in [0.1, 0.15) is 19.8 Å². The van der Waals surface area contributed by atoms with Gasteiger partial charge in [0.25, 0.3) is 5.24 Å². The van der Waals surface area contributed by atoms with Crippen molar-refractivity contribution >= 4 is 52.4 Å². The third kappa shape index (κ3) is 3.46. The Balaban J connectivity index is 1.90. The molecule has 0 aromatic heterocycles. The molecule has 0 aromatic carbocycles. The van der Waals surface area contributed by atoms with Crippen LogP contribution in [0.15, 0.2) is 4.99 Å². The number of methoxy groups -OCH3 is 1. The molecule has 0 saturated carbocycles. The molecular formula is C14H18N4O6S2. The van der Waals surface area contributed by atoms with Gasteiger partial charge >= 0.3 is 5.97 Å². The predicted molar refractivity (Wildman–Crippen MR) is 94.9 cm³/mol. The van der Waals surface area contributed by atoms with Crippen molar-refractivity contribution < 1.29 is 29.0 Å². The van der Waals surface area contributed by atoms with E-state index in [9.17, 15) is 19.5 Å². The molecule has 142 valence electrons. The summed E-state index contributed by atoms with van der Waals surface area (Å²) in [5.74, 6) is -1.22. The first kappa shape index (κ1) is 19.1. The van der Waals surface area contributed by atoms with Crippen molar-refractivity contribution in [2.45, 2.75) is 48.0 Å². The van der Waals surface area contributed by atoms with Crippen LogP contribution in [-0.4, -0.2) is 74.3 Å². The van der Waals surface area contributed by atoms with E-state index < -0.39 is 45.4 Å². The number of amides is 2. The third-order valence-electron chi connectivity index (χ3n) is 4.09. The van der Waals surface area contributed by atoms with Crippen LogP contribution in [0.5, 0.6) is 0 Å². The number of thioether (sulfide) groups is 2. The summed E-state index contributed by atoms with van der Waals surface area (Å²) in [6, 6.07) is 0. The van der Waals surface area contributed by atoms with Crippen LogP contribution in [0.2, 0.25) is 0 Å². The molecule has 0 radical (unpaired) electrons. The summed E-state index contributed by atoms with van der Waals surface area (Å²) in [6.45, 7) is 1.79. The summed E-state index contributed by atoms with van der Waals surface area (Å²) in [7, 11) is 1.26. The zero-order valence-corrected chi connectivity index (χ0v) is 15.6. The van der Waals surface area contributed by atoms with E-state index in [1.807, 2.05) is 0 Å². The van der Waals surface area contributed by atoms with Gasteiger partial charge in [-0.05, 0) is 18.2 Å². The first-order valence-electron chi connectivity index (χ1n) is 7.89. The number of ether oxygens (including phenoxy) is 2. The minimum atomic E-state index is -0.896. The second-order valence-electron chi connectivity index (χ2n) is 5.77. The number of fused-ring (bicyclic) bond motifs is 1. The lowest BCUT2D eigenvalue weighted by Crippen LogP contribution is -2.52. The molecule has 3 N–H and O–H groups in total. The lowest BCUT2D eigenvalue weighted by molar-refractivity contribution is -0.141. The first-order chi connectivity index (χ1) is 12.3. The van der Waals surface area contributed by atoms with Crippen LogP contribution in [-0.2, 0) is 19.1 Å². The molecule has 0 aliphatic carbocycles. The molecule has 2 fully saturated rings. The second-order valence-corrected chi connectivity index (χ2v) is 8.17.